The fraction of sp³-hybridized carbons (Fsp3) is 0.286. The molecular formula is C14H16O3. The first-order valence-corrected chi connectivity index (χ1v) is 5.62. The Balaban J connectivity index is 2.12. The maximum Gasteiger partial charge on any atom is 0.116 e. The second-order valence-electron chi connectivity index (χ2n) is 4.23. The minimum Gasteiger partial charge on any atom is -0.508 e. The fourth-order valence-corrected chi connectivity index (χ4v) is 1.72. The largest absolute Gasteiger partial charge is 0.508 e. The van der Waals surface area contributed by atoms with Crippen LogP contribution in [-0.2, 0) is 11.3 Å². The van der Waals surface area contributed by atoms with Gasteiger partial charge in [-0.05, 0) is 41.5 Å². The van der Waals surface area contributed by atoms with E-state index < -0.39 is 6.10 Å². The van der Waals surface area contributed by atoms with Crippen LogP contribution in [0.25, 0.3) is 10.8 Å². The predicted molar refractivity (Wildman–Crippen MR) is 66.9 cm³/mol. The third-order valence-corrected chi connectivity index (χ3v) is 2.52. The molecule has 3 heteroatoms. The lowest BCUT2D eigenvalue weighted by molar-refractivity contribution is 0.0376. The highest BCUT2D eigenvalue weighted by Crippen LogP contribution is 2.21. The maximum absolute atomic E-state index is 9.35. The van der Waals surface area contributed by atoms with Crippen LogP contribution in [0, 0.1) is 0 Å². The van der Waals surface area contributed by atoms with E-state index in [-0.39, 0.29) is 5.75 Å². The Morgan fingerprint density at radius 2 is 1.82 bits per heavy atom. The Kier molecular flexibility index (Phi) is 3.61. The molecule has 0 radical (unpaired) electrons. The lowest BCUT2D eigenvalue weighted by Gasteiger charge is -2.07. The van der Waals surface area contributed by atoms with Gasteiger partial charge in [-0.15, -0.1) is 0 Å². The van der Waals surface area contributed by atoms with Gasteiger partial charge in [0.05, 0.1) is 19.3 Å². The highest BCUT2D eigenvalue weighted by atomic mass is 16.5. The number of fused-ring (bicyclic) bond motifs is 1. The summed E-state index contributed by atoms with van der Waals surface area (Å²) in [7, 11) is 0. The van der Waals surface area contributed by atoms with Crippen LogP contribution in [-0.4, -0.2) is 22.9 Å². The molecule has 0 saturated heterocycles. The van der Waals surface area contributed by atoms with Gasteiger partial charge in [0.15, 0.2) is 0 Å². The predicted octanol–water partition coefficient (Wildman–Crippen LogP) is 2.44. The molecule has 0 bridgehead atoms. The lowest BCUT2D eigenvalue weighted by Crippen LogP contribution is -2.09. The molecule has 0 fully saturated rings. The third-order valence-electron chi connectivity index (χ3n) is 2.52. The van der Waals surface area contributed by atoms with E-state index in [1.807, 2.05) is 24.3 Å². The number of aliphatic hydroxyl groups excluding tert-OH is 1. The van der Waals surface area contributed by atoms with Gasteiger partial charge in [0.25, 0.3) is 0 Å². The smallest absolute Gasteiger partial charge is 0.116 e. The summed E-state index contributed by atoms with van der Waals surface area (Å²) in [5, 5.41) is 20.5. The van der Waals surface area contributed by atoms with Crippen molar-refractivity contribution in [3.63, 3.8) is 0 Å². The first kappa shape index (κ1) is 11.9. The Morgan fingerprint density at radius 3 is 2.59 bits per heavy atom. The zero-order chi connectivity index (χ0) is 12.3. The zero-order valence-electron chi connectivity index (χ0n) is 9.76. The summed E-state index contributed by atoms with van der Waals surface area (Å²) in [6.07, 6.45) is -0.438. The second-order valence-corrected chi connectivity index (χ2v) is 4.23. The van der Waals surface area contributed by atoms with E-state index in [0.29, 0.717) is 13.2 Å². The van der Waals surface area contributed by atoms with E-state index in [2.05, 4.69) is 0 Å². The molecule has 2 aromatic rings. The van der Waals surface area contributed by atoms with Gasteiger partial charge >= 0.3 is 0 Å². The number of hydrogen-bond donors (Lipinski definition) is 2. The fourth-order valence-electron chi connectivity index (χ4n) is 1.72. The van der Waals surface area contributed by atoms with Gasteiger partial charge in [-0.2, -0.15) is 0 Å². The summed E-state index contributed by atoms with van der Waals surface area (Å²) in [6, 6.07) is 11.2. The van der Waals surface area contributed by atoms with Crippen molar-refractivity contribution in [3.05, 3.63) is 42.0 Å². The summed E-state index contributed by atoms with van der Waals surface area (Å²) in [4.78, 5) is 0. The van der Waals surface area contributed by atoms with Crippen LogP contribution in [0.1, 0.15) is 12.5 Å². The molecule has 17 heavy (non-hydrogen) atoms. The van der Waals surface area contributed by atoms with Gasteiger partial charge in [-0.1, -0.05) is 18.2 Å². The van der Waals surface area contributed by atoms with Gasteiger partial charge in [0, 0.05) is 0 Å². The van der Waals surface area contributed by atoms with Gasteiger partial charge < -0.3 is 14.9 Å². The molecule has 0 heterocycles. The van der Waals surface area contributed by atoms with Crippen molar-refractivity contribution in [2.24, 2.45) is 0 Å². The van der Waals surface area contributed by atoms with Crippen LogP contribution >= 0.6 is 0 Å². The van der Waals surface area contributed by atoms with Crippen molar-refractivity contribution in [2.45, 2.75) is 19.6 Å². The van der Waals surface area contributed by atoms with Crippen molar-refractivity contribution >= 4 is 10.8 Å². The summed E-state index contributed by atoms with van der Waals surface area (Å²) in [5.74, 6) is 0.274. The number of phenols is 1. The molecule has 2 N–H and O–H groups in total. The third kappa shape index (κ3) is 3.19. The minimum absolute atomic E-state index is 0.274. The van der Waals surface area contributed by atoms with Crippen LogP contribution in [0.2, 0.25) is 0 Å². The SMILES string of the molecule is CC(O)COCc1ccc2cc(O)ccc2c1. The summed E-state index contributed by atoms with van der Waals surface area (Å²) in [6.45, 7) is 2.53. The van der Waals surface area contributed by atoms with Crippen molar-refractivity contribution in [2.75, 3.05) is 6.61 Å². The molecule has 0 saturated carbocycles. The van der Waals surface area contributed by atoms with Gasteiger partial charge in [0.2, 0.25) is 0 Å². The van der Waals surface area contributed by atoms with Crippen LogP contribution in [0.4, 0.5) is 0 Å². The molecule has 0 amide bonds. The number of aromatic hydroxyl groups is 1. The molecule has 0 aromatic heterocycles. The quantitative estimate of drug-likeness (QED) is 0.851. The zero-order valence-corrected chi connectivity index (χ0v) is 9.76. The van der Waals surface area contributed by atoms with Crippen LogP contribution in [0.3, 0.4) is 0 Å². The van der Waals surface area contributed by atoms with Gasteiger partial charge in [-0.3, -0.25) is 0 Å². The van der Waals surface area contributed by atoms with Gasteiger partial charge in [0.1, 0.15) is 5.75 Å². The topological polar surface area (TPSA) is 49.7 Å². The molecule has 0 spiro atoms. The average Bonchev–Trinajstić information content (AvgIpc) is 2.29. The highest BCUT2D eigenvalue weighted by molar-refractivity contribution is 5.84. The first-order chi connectivity index (χ1) is 8.15. The molecule has 1 unspecified atom stereocenters. The van der Waals surface area contributed by atoms with Crippen molar-refractivity contribution in [1.29, 1.82) is 0 Å². The lowest BCUT2D eigenvalue weighted by atomic mass is 10.1. The van der Waals surface area contributed by atoms with E-state index in [1.54, 1.807) is 19.1 Å². The van der Waals surface area contributed by atoms with Crippen molar-refractivity contribution in [1.82, 2.24) is 0 Å². The molecule has 2 aromatic carbocycles. The van der Waals surface area contributed by atoms with E-state index in [0.717, 1.165) is 16.3 Å². The Morgan fingerprint density at radius 1 is 1.12 bits per heavy atom. The number of rotatable bonds is 4. The van der Waals surface area contributed by atoms with Crippen molar-refractivity contribution < 1.29 is 14.9 Å². The number of aliphatic hydroxyl groups is 1. The Labute approximate surface area is 100 Å². The highest BCUT2D eigenvalue weighted by Gasteiger charge is 2.00. The van der Waals surface area contributed by atoms with E-state index >= 15 is 0 Å². The Hall–Kier alpha value is -1.58. The number of phenolic OH excluding ortho intramolecular Hbond substituents is 1. The standard InChI is InChI=1S/C14H16O3/c1-10(15)8-17-9-11-2-3-13-7-14(16)5-4-12(13)6-11/h2-7,10,15-16H,8-9H2,1H3. The monoisotopic (exact) mass is 232 g/mol. The number of benzene rings is 2. The first-order valence-electron chi connectivity index (χ1n) is 5.62. The molecule has 0 aliphatic rings. The summed E-state index contributed by atoms with van der Waals surface area (Å²) in [5.41, 5.74) is 1.06. The number of hydrogen-bond acceptors (Lipinski definition) is 3. The molecule has 0 aliphatic heterocycles. The minimum atomic E-state index is -0.438. The molecule has 90 valence electrons. The summed E-state index contributed by atoms with van der Waals surface area (Å²) >= 11 is 0. The average molecular weight is 232 g/mol. The maximum atomic E-state index is 9.35. The normalized spacial score (nSPS) is 12.8. The van der Waals surface area contributed by atoms with Crippen molar-refractivity contribution in [3.8, 4) is 5.75 Å². The molecule has 2 rings (SSSR count). The van der Waals surface area contributed by atoms with Crippen LogP contribution < -0.4 is 0 Å². The molecular weight excluding hydrogens is 216 g/mol. The number of ether oxygens (including phenoxy) is 1. The van der Waals surface area contributed by atoms with Crippen LogP contribution in [0.5, 0.6) is 5.75 Å². The van der Waals surface area contributed by atoms with E-state index in [9.17, 15) is 5.11 Å². The molecule has 0 aliphatic carbocycles. The molecule has 3 nitrogen and oxygen atoms in total. The van der Waals surface area contributed by atoms with E-state index in [4.69, 9.17) is 9.84 Å². The molecule has 1 atom stereocenters. The second kappa shape index (κ2) is 5.17. The van der Waals surface area contributed by atoms with Gasteiger partial charge in [-0.25, -0.2) is 0 Å². The van der Waals surface area contributed by atoms with Crippen LogP contribution in [0.15, 0.2) is 36.4 Å². The van der Waals surface area contributed by atoms with E-state index in [1.165, 1.54) is 0 Å². The summed E-state index contributed by atoms with van der Waals surface area (Å²) < 4.78 is 5.35. The Bertz CT molecular complexity index is 506.